The number of benzene rings is 2. The predicted octanol–water partition coefficient (Wildman–Crippen LogP) is 2.11. The normalized spacial score (nSPS) is 14.6. The van der Waals surface area contributed by atoms with E-state index in [4.69, 9.17) is 31.4 Å². The van der Waals surface area contributed by atoms with Crippen molar-refractivity contribution in [2.45, 2.75) is 25.7 Å². The van der Waals surface area contributed by atoms with Gasteiger partial charge in [-0.15, -0.1) is 10.2 Å². The zero-order valence-electron chi connectivity index (χ0n) is 18.2. The average molecular weight is 468 g/mol. The van der Waals surface area contributed by atoms with Crippen LogP contribution in [-0.4, -0.2) is 57.2 Å². The Bertz CT molecular complexity index is 1200. The summed E-state index contributed by atoms with van der Waals surface area (Å²) >= 11 is 6.10. The zero-order valence-corrected chi connectivity index (χ0v) is 19.0. The average Bonchev–Trinajstić information content (AvgIpc) is 3.11. The number of aromatic nitrogens is 3. The van der Waals surface area contributed by atoms with Crippen LogP contribution in [0.5, 0.6) is 5.75 Å². The van der Waals surface area contributed by atoms with E-state index in [-0.39, 0.29) is 25.2 Å². The number of nitrogens with one attached hydrogen (secondary N) is 1. The summed E-state index contributed by atoms with van der Waals surface area (Å²) in [5, 5.41) is 29.9. The van der Waals surface area contributed by atoms with Crippen LogP contribution in [0.2, 0.25) is 11.3 Å². The van der Waals surface area contributed by atoms with Gasteiger partial charge in [-0.2, -0.15) is 0 Å². The molecule has 1 aliphatic rings. The first-order chi connectivity index (χ1) is 15.9. The van der Waals surface area contributed by atoms with E-state index >= 15 is 0 Å². The fraction of sp³-hybridized carbons (Fsp3) is 0.273. The highest BCUT2D eigenvalue weighted by Crippen LogP contribution is 2.34. The summed E-state index contributed by atoms with van der Waals surface area (Å²) in [6.07, 6.45) is 0.0537. The molecule has 4 rings (SSSR count). The van der Waals surface area contributed by atoms with Crippen LogP contribution in [0.25, 0.3) is 5.69 Å². The molecule has 0 aliphatic carbocycles. The van der Waals surface area contributed by atoms with Crippen LogP contribution in [-0.2, 0) is 4.79 Å². The van der Waals surface area contributed by atoms with Crippen molar-refractivity contribution in [3.8, 4) is 11.4 Å². The highest BCUT2D eigenvalue weighted by molar-refractivity contribution is 6.41. The molecule has 1 atom stereocenters. The van der Waals surface area contributed by atoms with Gasteiger partial charge in [0.15, 0.2) is 5.82 Å². The molecule has 2 aromatic carbocycles. The molecule has 0 radical (unpaired) electrons. The van der Waals surface area contributed by atoms with Gasteiger partial charge in [0.2, 0.25) is 5.91 Å². The third-order valence-electron chi connectivity index (χ3n) is 5.35. The van der Waals surface area contributed by atoms with Crippen LogP contribution in [0.15, 0.2) is 47.5 Å². The van der Waals surface area contributed by atoms with Gasteiger partial charge in [0, 0.05) is 22.7 Å². The number of carbonyl (C=O) groups is 1. The quantitative estimate of drug-likeness (QED) is 0.458. The van der Waals surface area contributed by atoms with Crippen LogP contribution < -0.4 is 10.1 Å². The van der Waals surface area contributed by atoms with Crippen LogP contribution in [0.1, 0.15) is 35.2 Å². The molecule has 170 valence electrons. The van der Waals surface area contributed by atoms with Gasteiger partial charge in [0.1, 0.15) is 17.6 Å². The Morgan fingerprint density at radius 1 is 1.21 bits per heavy atom. The maximum absolute atomic E-state index is 12.6. The van der Waals surface area contributed by atoms with Gasteiger partial charge in [-0.25, -0.2) is 0 Å². The van der Waals surface area contributed by atoms with Gasteiger partial charge < -0.3 is 20.1 Å². The number of amides is 1. The van der Waals surface area contributed by atoms with Crippen molar-refractivity contribution in [2.24, 2.45) is 4.99 Å². The SMILES string of the molecule is COc1ccc2c(c1)C(c1ccc(Cl)cc1)=N[C@@H](CC(=O)NCCB(O)O)c1nnc(C)n1-2. The van der Waals surface area contributed by atoms with Crippen molar-refractivity contribution in [1.29, 1.82) is 0 Å². The van der Waals surface area contributed by atoms with Crippen molar-refractivity contribution < 1.29 is 19.6 Å². The second-order valence-corrected chi connectivity index (χ2v) is 8.08. The summed E-state index contributed by atoms with van der Waals surface area (Å²) in [4.78, 5) is 17.6. The topological polar surface area (TPSA) is 122 Å². The Balaban J connectivity index is 1.81. The molecule has 9 nitrogen and oxygen atoms in total. The minimum atomic E-state index is -1.48. The first-order valence-electron chi connectivity index (χ1n) is 10.4. The lowest BCUT2D eigenvalue weighted by molar-refractivity contribution is -0.121. The minimum Gasteiger partial charge on any atom is -0.497 e. The van der Waals surface area contributed by atoms with E-state index in [0.29, 0.717) is 28.1 Å². The third-order valence-corrected chi connectivity index (χ3v) is 5.61. The Labute approximate surface area is 196 Å². The highest BCUT2D eigenvalue weighted by atomic mass is 35.5. The van der Waals surface area contributed by atoms with Crippen LogP contribution >= 0.6 is 11.6 Å². The Morgan fingerprint density at radius 2 is 1.97 bits per heavy atom. The summed E-state index contributed by atoms with van der Waals surface area (Å²) < 4.78 is 7.36. The van der Waals surface area contributed by atoms with E-state index in [1.54, 1.807) is 19.2 Å². The number of fused-ring (bicyclic) bond motifs is 3. The van der Waals surface area contributed by atoms with Gasteiger partial charge in [0.25, 0.3) is 0 Å². The Hall–Kier alpha value is -3.21. The molecule has 0 saturated carbocycles. The van der Waals surface area contributed by atoms with Gasteiger partial charge >= 0.3 is 7.12 Å². The van der Waals surface area contributed by atoms with E-state index in [0.717, 1.165) is 16.8 Å². The molecule has 0 bridgehead atoms. The number of halogens is 1. The van der Waals surface area contributed by atoms with E-state index in [1.807, 2.05) is 41.8 Å². The van der Waals surface area contributed by atoms with E-state index in [9.17, 15) is 4.79 Å². The van der Waals surface area contributed by atoms with Gasteiger partial charge in [-0.3, -0.25) is 14.4 Å². The maximum atomic E-state index is 12.6. The Kier molecular flexibility index (Phi) is 6.78. The fourth-order valence-electron chi connectivity index (χ4n) is 3.77. The first-order valence-corrected chi connectivity index (χ1v) is 10.8. The monoisotopic (exact) mass is 467 g/mol. The summed E-state index contributed by atoms with van der Waals surface area (Å²) in [6.45, 7) is 1.98. The van der Waals surface area contributed by atoms with E-state index in [1.165, 1.54) is 0 Å². The number of ether oxygens (including phenoxy) is 1. The molecule has 1 aromatic heterocycles. The molecule has 2 heterocycles. The maximum Gasteiger partial charge on any atom is 0.453 e. The predicted molar refractivity (Wildman–Crippen MR) is 125 cm³/mol. The molecule has 3 aromatic rings. The molecular weight excluding hydrogens is 445 g/mol. The van der Waals surface area contributed by atoms with Gasteiger partial charge in [-0.1, -0.05) is 23.7 Å². The van der Waals surface area contributed by atoms with Crippen molar-refractivity contribution in [3.63, 3.8) is 0 Å². The lowest BCUT2D eigenvalue weighted by atomic mass is 9.86. The summed E-state index contributed by atoms with van der Waals surface area (Å²) in [5.41, 5.74) is 3.15. The molecule has 0 spiro atoms. The number of hydrogen-bond donors (Lipinski definition) is 3. The van der Waals surface area contributed by atoms with Crippen molar-refractivity contribution in [3.05, 3.63) is 70.3 Å². The number of hydrogen-bond acceptors (Lipinski definition) is 7. The number of rotatable bonds is 7. The largest absolute Gasteiger partial charge is 0.497 e. The summed E-state index contributed by atoms with van der Waals surface area (Å²) in [6, 6.07) is 12.4. The molecule has 11 heteroatoms. The van der Waals surface area contributed by atoms with E-state index < -0.39 is 13.2 Å². The number of aryl methyl sites for hydroxylation is 1. The molecule has 3 N–H and O–H groups in total. The van der Waals surface area contributed by atoms with Crippen LogP contribution in [0, 0.1) is 6.92 Å². The second-order valence-electron chi connectivity index (χ2n) is 7.65. The van der Waals surface area contributed by atoms with Crippen molar-refractivity contribution in [1.82, 2.24) is 20.1 Å². The molecule has 1 amide bonds. The third kappa shape index (κ3) is 4.92. The number of nitrogens with zero attached hydrogens (tertiary/aromatic N) is 4. The van der Waals surface area contributed by atoms with E-state index in [2.05, 4.69) is 15.5 Å². The number of carbonyl (C=O) groups excluding carboxylic acids is 1. The lowest BCUT2D eigenvalue weighted by Crippen LogP contribution is -2.29. The molecule has 0 saturated heterocycles. The molecular formula is C22H23BClN5O4. The number of aliphatic imine (C=N–C) groups is 1. The Morgan fingerprint density at radius 3 is 2.67 bits per heavy atom. The fourth-order valence-corrected chi connectivity index (χ4v) is 3.89. The van der Waals surface area contributed by atoms with Crippen LogP contribution in [0.4, 0.5) is 0 Å². The molecule has 1 aliphatic heterocycles. The standard InChI is InChI=1S/C22H23BClN5O4/c1-13-27-28-22-18(12-20(30)25-10-9-23(31)32)26-21(14-3-5-15(24)6-4-14)17-11-16(33-2)7-8-19(17)29(13)22/h3-8,11,18,31-32H,9-10,12H2,1-2H3,(H,25,30)/t18-/m0/s1. The lowest BCUT2D eigenvalue weighted by Gasteiger charge is -2.14. The van der Waals surface area contributed by atoms with Crippen molar-refractivity contribution in [2.75, 3.05) is 13.7 Å². The minimum absolute atomic E-state index is 0.0157. The smallest absolute Gasteiger partial charge is 0.453 e. The molecule has 0 fully saturated rings. The first kappa shape index (κ1) is 23.0. The summed E-state index contributed by atoms with van der Waals surface area (Å²) in [7, 11) is 0.122. The highest BCUT2D eigenvalue weighted by Gasteiger charge is 2.30. The number of methoxy groups -OCH3 is 1. The molecule has 33 heavy (non-hydrogen) atoms. The van der Waals surface area contributed by atoms with Crippen molar-refractivity contribution >= 4 is 30.3 Å². The van der Waals surface area contributed by atoms with Gasteiger partial charge in [0.05, 0.1) is 24.9 Å². The summed E-state index contributed by atoms with van der Waals surface area (Å²) in [5.74, 6) is 1.59. The zero-order chi connectivity index (χ0) is 23.5. The van der Waals surface area contributed by atoms with Crippen LogP contribution in [0.3, 0.4) is 0 Å². The molecule has 0 unspecified atom stereocenters. The second kappa shape index (κ2) is 9.74. The van der Waals surface area contributed by atoms with Gasteiger partial charge in [-0.05, 0) is 43.6 Å².